The smallest absolute Gasteiger partial charge is 0.251 e. The zero-order chi connectivity index (χ0) is 17.4. The molecule has 24 heavy (non-hydrogen) atoms. The molecule has 0 aliphatic rings. The minimum atomic E-state index is -0.159. The van der Waals surface area contributed by atoms with Gasteiger partial charge in [-0.15, -0.1) is 0 Å². The minimum absolute atomic E-state index is 0.159. The van der Waals surface area contributed by atoms with Crippen LogP contribution in [0.1, 0.15) is 17.3 Å². The molecule has 1 N–H and O–H groups in total. The molecule has 1 amide bonds. The molecule has 0 unspecified atom stereocenters. The van der Waals surface area contributed by atoms with E-state index < -0.39 is 0 Å². The average molecular weight is 394 g/mol. The second-order valence-electron chi connectivity index (χ2n) is 4.86. The van der Waals surface area contributed by atoms with Gasteiger partial charge in [-0.2, -0.15) is 0 Å². The zero-order valence-electron chi connectivity index (χ0n) is 13.7. The normalized spacial score (nSPS) is 10.1. The summed E-state index contributed by atoms with van der Waals surface area (Å²) in [6.45, 7) is 3.37. The van der Waals surface area contributed by atoms with Gasteiger partial charge in [0, 0.05) is 5.56 Å². The Morgan fingerprint density at radius 2 is 1.75 bits per heavy atom. The largest absolute Gasteiger partial charge is 0.496 e. The van der Waals surface area contributed by atoms with Crippen LogP contribution in [0.25, 0.3) is 0 Å². The molecule has 2 aromatic carbocycles. The van der Waals surface area contributed by atoms with Crippen molar-refractivity contribution >= 4 is 21.8 Å². The molecule has 0 atom stereocenters. The van der Waals surface area contributed by atoms with E-state index in [0.29, 0.717) is 31.1 Å². The summed E-state index contributed by atoms with van der Waals surface area (Å²) < 4.78 is 16.8. The van der Waals surface area contributed by atoms with Gasteiger partial charge in [0.25, 0.3) is 5.91 Å². The third-order valence-corrected chi connectivity index (χ3v) is 3.82. The van der Waals surface area contributed by atoms with Crippen LogP contribution in [-0.2, 0) is 0 Å². The van der Waals surface area contributed by atoms with Crippen LogP contribution in [0.3, 0.4) is 0 Å². The lowest BCUT2D eigenvalue weighted by atomic mass is 10.2. The van der Waals surface area contributed by atoms with Gasteiger partial charge in [0.15, 0.2) is 0 Å². The molecule has 0 aliphatic heterocycles. The van der Waals surface area contributed by atoms with Crippen LogP contribution in [0.4, 0.5) is 0 Å². The summed E-state index contributed by atoms with van der Waals surface area (Å²) in [5, 5.41) is 2.82. The number of rotatable bonds is 8. The zero-order valence-corrected chi connectivity index (χ0v) is 15.3. The van der Waals surface area contributed by atoms with E-state index in [0.717, 1.165) is 16.0 Å². The Bertz CT molecular complexity index is 673. The molecule has 0 spiro atoms. The van der Waals surface area contributed by atoms with E-state index in [9.17, 15) is 4.79 Å². The van der Waals surface area contributed by atoms with Crippen LogP contribution >= 0.6 is 15.9 Å². The fourth-order valence-electron chi connectivity index (χ4n) is 2.04. The second kappa shape index (κ2) is 9.17. The maximum absolute atomic E-state index is 12.1. The van der Waals surface area contributed by atoms with Crippen molar-refractivity contribution in [2.24, 2.45) is 0 Å². The summed E-state index contributed by atoms with van der Waals surface area (Å²) in [5.41, 5.74) is 0.559. The molecule has 2 aromatic rings. The van der Waals surface area contributed by atoms with Crippen LogP contribution < -0.4 is 19.5 Å². The average Bonchev–Trinajstić information content (AvgIpc) is 2.60. The molecule has 0 heterocycles. The Hall–Kier alpha value is -2.21. The highest BCUT2D eigenvalue weighted by atomic mass is 79.9. The predicted octanol–water partition coefficient (Wildman–Crippen LogP) is 3.67. The quantitative estimate of drug-likeness (QED) is 0.695. The number of ether oxygens (including phenoxy) is 3. The van der Waals surface area contributed by atoms with E-state index in [2.05, 4.69) is 21.2 Å². The Balaban J connectivity index is 1.77. The van der Waals surface area contributed by atoms with E-state index in [4.69, 9.17) is 14.2 Å². The fourth-order valence-corrected chi connectivity index (χ4v) is 2.58. The molecule has 0 radical (unpaired) electrons. The summed E-state index contributed by atoms with van der Waals surface area (Å²) in [7, 11) is 1.58. The highest BCUT2D eigenvalue weighted by Crippen LogP contribution is 2.25. The van der Waals surface area contributed by atoms with Gasteiger partial charge in [-0.1, -0.05) is 0 Å². The first-order valence-electron chi connectivity index (χ1n) is 7.61. The molecule has 0 aliphatic carbocycles. The van der Waals surface area contributed by atoms with Gasteiger partial charge >= 0.3 is 0 Å². The number of amides is 1. The van der Waals surface area contributed by atoms with Gasteiger partial charge in [0.05, 0.1) is 24.7 Å². The van der Waals surface area contributed by atoms with E-state index in [1.54, 1.807) is 25.3 Å². The highest BCUT2D eigenvalue weighted by molar-refractivity contribution is 9.10. The van der Waals surface area contributed by atoms with Crippen LogP contribution in [0.2, 0.25) is 0 Å². The minimum Gasteiger partial charge on any atom is -0.496 e. The number of methoxy groups -OCH3 is 1. The molecule has 6 heteroatoms. The van der Waals surface area contributed by atoms with Gasteiger partial charge < -0.3 is 19.5 Å². The van der Waals surface area contributed by atoms with Crippen molar-refractivity contribution < 1.29 is 19.0 Å². The van der Waals surface area contributed by atoms with Gasteiger partial charge in [-0.3, -0.25) is 4.79 Å². The topological polar surface area (TPSA) is 56.8 Å². The SMILES string of the molecule is CCOc1ccc(OCCNC(=O)c2ccc(OC)c(Br)c2)cc1. The van der Waals surface area contributed by atoms with E-state index in [-0.39, 0.29) is 5.91 Å². The number of hydrogen-bond donors (Lipinski definition) is 1. The second-order valence-corrected chi connectivity index (χ2v) is 5.71. The van der Waals surface area contributed by atoms with Crippen molar-refractivity contribution in [1.82, 2.24) is 5.32 Å². The molecule has 0 aromatic heterocycles. The third kappa shape index (κ3) is 5.16. The third-order valence-electron chi connectivity index (χ3n) is 3.21. The maximum Gasteiger partial charge on any atom is 0.251 e. The number of hydrogen-bond acceptors (Lipinski definition) is 4. The standard InChI is InChI=1S/C18H20BrNO4/c1-3-23-14-5-7-15(8-6-14)24-11-10-20-18(21)13-4-9-17(22-2)16(19)12-13/h4-9,12H,3,10-11H2,1-2H3,(H,20,21). The van der Waals surface area contributed by atoms with Gasteiger partial charge in [-0.05, 0) is 65.3 Å². The molecule has 128 valence electrons. The van der Waals surface area contributed by atoms with Gasteiger partial charge in [0.2, 0.25) is 0 Å². The molecular weight excluding hydrogens is 374 g/mol. The number of carbonyl (C=O) groups is 1. The Morgan fingerprint density at radius 1 is 1.08 bits per heavy atom. The highest BCUT2D eigenvalue weighted by Gasteiger charge is 2.08. The summed E-state index contributed by atoms with van der Waals surface area (Å²) >= 11 is 3.36. The van der Waals surface area contributed by atoms with Crippen molar-refractivity contribution in [2.75, 3.05) is 26.9 Å². The van der Waals surface area contributed by atoms with Crippen molar-refractivity contribution in [3.63, 3.8) is 0 Å². The Morgan fingerprint density at radius 3 is 2.33 bits per heavy atom. The molecule has 0 bridgehead atoms. The van der Waals surface area contributed by atoms with E-state index in [1.165, 1.54) is 0 Å². The molecule has 0 fully saturated rings. The first kappa shape index (κ1) is 18.1. The lowest BCUT2D eigenvalue weighted by Gasteiger charge is -2.10. The number of carbonyl (C=O) groups excluding carboxylic acids is 1. The Kier molecular flexibility index (Phi) is 6.93. The molecule has 5 nitrogen and oxygen atoms in total. The molecule has 0 saturated carbocycles. The lowest BCUT2D eigenvalue weighted by Crippen LogP contribution is -2.28. The van der Waals surface area contributed by atoms with Crippen molar-refractivity contribution in [3.05, 3.63) is 52.5 Å². The van der Waals surface area contributed by atoms with Crippen LogP contribution in [0.15, 0.2) is 46.9 Å². The van der Waals surface area contributed by atoms with E-state index in [1.807, 2.05) is 31.2 Å². The van der Waals surface area contributed by atoms with Gasteiger partial charge in [-0.25, -0.2) is 0 Å². The molecule has 2 rings (SSSR count). The van der Waals surface area contributed by atoms with Crippen LogP contribution in [0, 0.1) is 0 Å². The Labute approximate surface area is 150 Å². The van der Waals surface area contributed by atoms with Gasteiger partial charge in [0.1, 0.15) is 23.9 Å². The summed E-state index contributed by atoms with van der Waals surface area (Å²) in [4.78, 5) is 12.1. The van der Waals surface area contributed by atoms with Crippen LogP contribution in [-0.4, -0.2) is 32.8 Å². The van der Waals surface area contributed by atoms with Crippen molar-refractivity contribution in [3.8, 4) is 17.2 Å². The van der Waals surface area contributed by atoms with E-state index >= 15 is 0 Å². The summed E-state index contributed by atoms with van der Waals surface area (Å²) in [5.74, 6) is 2.07. The lowest BCUT2D eigenvalue weighted by molar-refractivity contribution is 0.0947. The number of nitrogens with one attached hydrogen (secondary N) is 1. The van der Waals surface area contributed by atoms with Crippen molar-refractivity contribution in [2.45, 2.75) is 6.92 Å². The maximum atomic E-state index is 12.1. The summed E-state index contributed by atoms with van der Waals surface area (Å²) in [6.07, 6.45) is 0. The predicted molar refractivity (Wildman–Crippen MR) is 96.1 cm³/mol. The first-order valence-corrected chi connectivity index (χ1v) is 8.40. The first-order chi connectivity index (χ1) is 11.6. The molecule has 0 saturated heterocycles. The van der Waals surface area contributed by atoms with Crippen LogP contribution in [0.5, 0.6) is 17.2 Å². The number of benzene rings is 2. The summed E-state index contributed by atoms with van der Waals surface area (Å²) in [6, 6.07) is 12.6. The van der Waals surface area contributed by atoms with Crippen molar-refractivity contribution in [1.29, 1.82) is 0 Å². The molecular formula is C18H20BrNO4. The number of halogens is 1. The monoisotopic (exact) mass is 393 g/mol. The fraction of sp³-hybridized carbons (Fsp3) is 0.278.